The van der Waals surface area contributed by atoms with Crippen molar-refractivity contribution in [2.45, 2.75) is 39.0 Å². The van der Waals surface area contributed by atoms with Crippen LogP contribution in [-0.2, 0) is 6.42 Å². The number of halogens is 1. The number of aromatic nitrogens is 2. The SMILES string of the molecule is CCc1nc(Cl)cc(N(CC2CC2)CC2CC2)n1. The number of aryl methyl sites for hydroxylation is 1. The summed E-state index contributed by atoms with van der Waals surface area (Å²) in [6.45, 7) is 4.36. The van der Waals surface area contributed by atoms with E-state index in [2.05, 4.69) is 21.8 Å². The fraction of sp³-hybridized carbons (Fsp3) is 0.714. The molecule has 1 aromatic heterocycles. The zero-order chi connectivity index (χ0) is 12.5. The number of rotatable bonds is 6. The van der Waals surface area contributed by atoms with E-state index in [1.165, 1.54) is 25.7 Å². The number of hydrogen-bond acceptors (Lipinski definition) is 3. The summed E-state index contributed by atoms with van der Waals surface area (Å²) in [7, 11) is 0. The van der Waals surface area contributed by atoms with Crippen molar-refractivity contribution in [3.8, 4) is 0 Å². The van der Waals surface area contributed by atoms with Crippen LogP contribution in [0, 0.1) is 11.8 Å². The summed E-state index contributed by atoms with van der Waals surface area (Å²) in [5, 5.41) is 0.577. The molecule has 2 aliphatic rings. The van der Waals surface area contributed by atoms with Crippen LogP contribution in [-0.4, -0.2) is 23.1 Å². The highest BCUT2D eigenvalue weighted by Gasteiger charge is 2.30. The predicted octanol–water partition coefficient (Wildman–Crippen LogP) is 3.32. The summed E-state index contributed by atoms with van der Waals surface area (Å²) in [5.74, 6) is 3.64. The Morgan fingerprint density at radius 2 is 1.78 bits per heavy atom. The lowest BCUT2D eigenvalue weighted by Gasteiger charge is -2.24. The van der Waals surface area contributed by atoms with Crippen LogP contribution >= 0.6 is 11.6 Å². The molecule has 1 aromatic rings. The van der Waals surface area contributed by atoms with Gasteiger partial charge in [-0.15, -0.1) is 0 Å². The monoisotopic (exact) mass is 265 g/mol. The summed E-state index contributed by atoms with van der Waals surface area (Å²) in [6.07, 6.45) is 6.34. The van der Waals surface area contributed by atoms with E-state index < -0.39 is 0 Å². The van der Waals surface area contributed by atoms with Gasteiger partial charge in [0.1, 0.15) is 16.8 Å². The maximum absolute atomic E-state index is 6.10. The van der Waals surface area contributed by atoms with Gasteiger partial charge in [-0.25, -0.2) is 9.97 Å². The van der Waals surface area contributed by atoms with E-state index in [0.29, 0.717) is 5.15 Å². The molecule has 2 saturated carbocycles. The Morgan fingerprint density at radius 3 is 2.28 bits per heavy atom. The normalized spacial score (nSPS) is 19.0. The van der Waals surface area contributed by atoms with Crippen LogP contribution in [0.25, 0.3) is 0 Å². The van der Waals surface area contributed by atoms with Gasteiger partial charge in [0.2, 0.25) is 0 Å². The molecule has 0 aromatic carbocycles. The Balaban J connectivity index is 1.79. The molecule has 0 bridgehead atoms. The Bertz CT molecular complexity index is 413. The Hall–Kier alpha value is -0.830. The molecule has 3 nitrogen and oxygen atoms in total. The maximum Gasteiger partial charge on any atom is 0.134 e. The molecule has 4 heteroatoms. The highest BCUT2D eigenvalue weighted by molar-refractivity contribution is 6.29. The number of nitrogens with zero attached hydrogens (tertiary/aromatic N) is 3. The van der Waals surface area contributed by atoms with E-state index in [9.17, 15) is 0 Å². The first-order chi connectivity index (χ1) is 8.74. The zero-order valence-electron chi connectivity index (χ0n) is 10.9. The van der Waals surface area contributed by atoms with E-state index in [0.717, 1.165) is 43.0 Å². The third kappa shape index (κ3) is 3.14. The minimum Gasteiger partial charge on any atom is -0.356 e. The molecule has 98 valence electrons. The molecular weight excluding hydrogens is 246 g/mol. The first-order valence-corrected chi connectivity index (χ1v) is 7.40. The van der Waals surface area contributed by atoms with Crippen LogP contribution in [0.5, 0.6) is 0 Å². The average Bonchev–Trinajstić information content (AvgIpc) is 3.22. The second-order valence-corrected chi connectivity index (χ2v) is 6.00. The lowest BCUT2D eigenvalue weighted by Crippen LogP contribution is -2.29. The van der Waals surface area contributed by atoms with Crippen molar-refractivity contribution >= 4 is 17.4 Å². The summed E-state index contributed by atoms with van der Waals surface area (Å²) in [4.78, 5) is 11.3. The first-order valence-electron chi connectivity index (χ1n) is 7.03. The lowest BCUT2D eigenvalue weighted by molar-refractivity contribution is 0.668. The highest BCUT2D eigenvalue weighted by atomic mass is 35.5. The number of anilines is 1. The first kappa shape index (κ1) is 12.2. The second-order valence-electron chi connectivity index (χ2n) is 5.61. The van der Waals surface area contributed by atoms with Crippen molar-refractivity contribution in [1.82, 2.24) is 9.97 Å². The molecular formula is C14H20ClN3. The summed E-state index contributed by atoms with van der Waals surface area (Å²) >= 11 is 6.10. The molecule has 0 saturated heterocycles. The fourth-order valence-corrected chi connectivity index (χ4v) is 2.45. The summed E-state index contributed by atoms with van der Waals surface area (Å²) < 4.78 is 0. The van der Waals surface area contributed by atoms with Gasteiger partial charge in [0, 0.05) is 25.6 Å². The molecule has 0 radical (unpaired) electrons. The van der Waals surface area contributed by atoms with E-state index in [-0.39, 0.29) is 0 Å². The van der Waals surface area contributed by atoms with Crippen LogP contribution in [0.4, 0.5) is 5.82 Å². The van der Waals surface area contributed by atoms with Gasteiger partial charge < -0.3 is 4.90 Å². The van der Waals surface area contributed by atoms with Crippen LogP contribution in [0.3, 0.4) is 0 Å². The van der Waals surface area contributed by atoms with E-state index >= 15 is 0 Å². The molecule has 3 rings (SSSR count). The van der Waals surface area contributed by atoms with Gasteiger partial charge in [-0.2, -0.15) is 0 Å². The van der Waals surface area contributed by atoms with E-state index in [1.807, 2.05) is 6.07 Å². The van der Waals surface area contributed by atoms with Crippen LogP contribution in [0.1, 0.15) is 38.4 Å². The Morgan fingerprint density at radius 1 is 1.17 bits per heavy atom. The van der Waals surface area contributed by atoms with Gasteiger partial charge in [0.15, 0.2) is 0 Å². The van der Waals surface area contributed by atoms with Crippen molar-refractivity contribution in [3.05, 3.63) is 17.0 Å². The smallest absolute Gasteiger partial charge is 0.134 e. The van der Waals surface area contributed by atoms with Gasteiger partial charge in [-0.1, -0.05) is 18.5 Å². The van der Waals surface area contributed by atoms with Gasteiger partial charge in [0.05, 0.1) is 0 Å². The Labute approximate surface area is 114 Å². The molecule has 18 heavy (non-hydrogen) atoms. The molecule has 0 spiro atoms. The van der Waals surface area contributed by atoms with Crippen molar-refractivity contribution in [1.29, 1.82) is 0 Å². The second kappa shape index (κ2) is 5.04. The standard InChI is InChI=1S/C14H20ClN3/c1-2-13-16-12(15)7-14(17-13)18(8-10-3-4-10)9-11-5-6-11/h7,10-11H,2-6,8-9H2,1H3. The largest absolute Gasteiger partial charge is 0.356 e. The van der Waals surface area contributed by atoms with Gasteiger partial charge in [-0.3, -0.25) is 0 Å². The average molecular weight is 266 g/mol. The Kier molecular flexibility index (Phi) is 3.42. The fourth-order valence-electron chi connectivity index (χ4n) is 2.26. The topological polar surface area (TPSA) is 29.0 Å². The van der Waals surface area contributed by atoms with Gasteiger partial charge in [0.25, 0.3) is 0 Å². The van der Waals surface area contributed by atoms with Crippen LogP contribution in [0.15, 0.2) is 6.07 Å². The zero-order valence-corrected chi connectivity index (χ0v) is 11.7. The predicted molar refractivity (Wildman–Crippen MR) is 74.1 cm³/mol. The summed E-state index contributed by atoms with van der Waals surface area (Å²) in [6, 6.07) is 1.92. The molecule has 0 N–H and O–H groups in total. The minimum absolute atomic E-state index is 0.577. The molecule has 2 aliphatic carbocycles. The van der Waals surface area contributed by atoms with Gasteiger partial charge >= 0.3 is 0 Å². The summed E-state index contributed by atoms with van der Waals surface area (Å²) in [5.41, 5.74) is 0. The highest BCUT2D eigenvalue weighted by Crippen LogP contribution is 2.35. The minimum atomic E-state index is 0.577. The van der Waals surface area contributed by atoms with Gasteiger partial charge in [-0.05, 0) is 37.5 Å². The maximum atomic E-state index is 6.10. The van der Waals surface area contributed by atoms with Crippen LogP contribution < -0.4 is 4.90 Å². The van der Waals surface area contributed by atoms with E-state index in [1.54, 1.807) is 0 Å². The molecule has 1 heterocycles. The number of hydrogen-bond donors (Lipinski definition) is 0. The molecule has 0 aliphatic heterocycles. The molecule has 0 atom stereocenters. The van der Waals surface area contributed by atoms with Crippen molar-refractivity contribution < 1.29 is 0 Å². The molecule has 0 unspecified atom stereocenters. The van der Waals surface area contributed by atoms with Crippen molar-refractivity contribution in [2.24, 2.45) is 11.8 Å². The van der Waals surface area contributed by atoms with Crippen molar-refractivity contribution in [3.63, 3.8) is 0 Å². The molecule has 0 amide bonds. The molecule has 2 fully saturated rings. The lowest BCUT2D eigenvalue weighted by atomic mass is 10.3. The third-order valence-electron chi connectivity index (χ3n) is 3.72. The third-order valence-corrected chi connectivity index (χ3v) is 3.91. The van der Waals surface area contributed by atoms with E-state index in [4.69, 9.17) is 11.6 Å². The quantitative estimate of drug-likeness (QED) is 0.739. The van der Waals surface area contributed by atoms with Crippen molar-refractivity contribution in [2.75, 3.05) is 18.0 Å². The van der Waals surface area contributed by atoms with Crippen LogP contribution in [0.2, 0.25) is 5.15 Å².